The summed E-state index contributed by atoms with van der Waals surface area (Å²) in [7, 11) is 1.66. The number of rotatable bonds is 11. The van der Waals surface area contributed by atoms with Crippen molar-refractivity contribution in [2.75, 3.05) is 33.3 Å². The molecular weight excluding hydrogens is 478 g/mol. The normalized spacial score (nSPS) is 17.3. The van der Waals surface area contributed by atoms with E-state index < -0.39 is 6.04 Å². The first kappa shape index (κ1) is 27.3. The lowest BCUT2D eigenvalue weighted by Crippen LogP contribution is -2.57. The van der Waals surface area contributed by atoms with Gasteiger partial charge in [0.15, 0.2) is 0 Å². The van der Waals surface area contributed by atoms with Crippen molar-refractivity contribution >= 4 is 11.8 Å². The van der Waals surface area contributed by atoms with Gasteiger partial charge < -0.3 is 20.7 Å². The molecule has 8 nitrogen and oxygen atoms in total. The Morgan fingerprint density at radius 1 is 1.08 bits per heavy atom. The maximum Gasteiger partial charge on any atom is 0.256 e. The minimum absolute atomic E-state index is 0.132. The van der Waals surface area contributed by atoms with E-state index in [1.165, 1.54) is 11.1 Å². The molecule has 0 radical (unpaired) electrons. The van der Waals surface area contributed by atoms with Crippen LogP contribution in [0.4, 0.5) is 0 Å². The van der Waals surface area contributed by atoms with Crippen molar-refractivity contribution < 1.29 is 14.3 Å². The molecule has 1 saturated heterocycles. The van der Waals surface area contributed by atoms with Crippen LogP contribution in [0, 0.1) is 0 Å². The molecule has 1 fully saturated rings. The molecule has 4 rings (SSSR count). The average molecular weight is 516 g/mol. The summed E-state index contributed by atoms with van der Waals surface area (Å²) >= 11 is 0. The fraction of sp³-hybridized carbons (Fsp3) is 0.367. The molecule has 38 heavy (non-hydrogen) atoms. The van der Waals surface area contributed by atoms with Gasteiger partial charge in [0.2, 0.25) is 5.91 Å². The highest BCUT2D eigenvalue weighted by Gasteiger charge is 2.38. The topological polar surface area (TPSA) is 101 Å². The van der Waals surface area contributed by atoms with Crippen molar-refractivity contribution in [3.63, 3.8) is 0 Å². The van der Waals surface area contributed by atoms with Crippen LogP contribution in [-0.2, 0) is 17.8 Å². The summed E-state index contributed by atoms with van der Waals surface area (Å²) in [6.45, 7) is 2.80. The molecule has 2 aromatic carbocycles. The summed E-state index contributed by atoms with van der Waals surface area (Å²) in [6, 6.07) is 21.6. The van der Waals surface area contributed by atoms with Gasteiger partial charge in [0, 0.05) is 51.2 Å². The van der Waals surface area contributed by atoms with Crippen molar-refractivity contribution in [3.8, 4) is 5.75 Å². The van der Waals surface area contributed by atoms with Gasteiger partial charge in [-0.1, -0.05) is 42.5 Å². The Balaban J connectivity index is 1.55. The number of hydrogen-bond donors (Lipinski definition) is 2. The lowest BCUT2D eigenvalue weighted by molar-refractivity contribution is -0.127. The van der Waals surface area contributed by atoms with E-state index in [4.69, 9.17) is 10.5 Å². The third kappa shape index (κ3) is 7.18. The van der Waals surface area contributed by atoms with Crippen molar-refractivity contribution in [1.29, 1.82) is 0 Å². The van der Waals surface area contributed by atoms with Gasteiger partial charge >= 0.3 is 0 Å². The highest BCUT2D eigenvalue weighted by atomic mass is 16.5. The molecule has 0 saturated carbocycles. The second kappa shape index (κ2) is 13.7. The summed E-state index contributed by atoms with van der Waals surface area (Å²) in [5, 5.41) is 2.91. The van der Waals surface area contributed by atoms with Gasteiger partial charge in [0.05, 0.1) is 12.7 Å². The molecule has 3 aromatic rings. The zero-order valence-corrected chi connectivity index (χ0v) is 22.0. The summed E-state index contributed by atoms with van der Waals surface area (Å²) < 4.78 is 5.33. The minimum atomic E-state index is -0.580. The Labute approximate surface area is 224 Å². The van der Waals surface area contributed by atoms with Crippen LogP contribution in [0.3, 0.4) is 0 Å². The first-order chi connectivity index (χ1) is 18.6. The van der Waals surface area contributed by atoms with Crippen molar-refractivity contribution in [2.45, 2.75) is 37.9 Å². The van der Waals surface area contributed by atoms with E-state index in [1.807, 2.05) is 18.2 Å². The smallest absolute Gasteiger partial charge is 0.256 e. The number of pyridine rings is 1. The molecule has 0 spiro atoms. The summed E-state index contributed by atoms with van der Waals surface area (Å²) in [4.78, 5) is 34.9. The predicted molar refractivity (Wildman–Crippen MR) is 148 cm³/mol. The molecule has 1 aromatic heterocycles. The number of carbonyl (C=O) groups is 2. The Morgan fingerprint density at radius 3 is 2.55 bits per heavy atom. The number of ether oxygens (including phenoxy) is 1. The Bertz CT molecular complexity index is 1160. The third-order valence-electron chi connectivity index (χ3n) is 7.08. The quantitative estimate of drug-likeness (QED) is 0.407. The van der Waals surface area contributed by atoms with Gasteiger partial charge in [-0.15, -0.1) is 0 Å². The summed E-state index contributed by atoms with van der Waals surface area (Å²) in [5.41, 5.74) is 8.59. The van der Waals surface area contributed by atoms with Crippen LogP contribution < -0.4 is 15.8 Å². The number of hydrogen-bond acceptors (Lipinski definition) is 6. The molecule has 3 N–H and O–H groups in total. The number of nitrogens with zero attached hydrogens (tertiary/aromatic N) is 3. The van der Waals surface area contributed by atoms with Gasteiger partial charge in [-0.25, -0.2) is 0 Å². The highest BCUT2D eigenvalue weighted by Crippen LogP contribution is 2.26. The number of piperidine rings is 1. The van der Waals surface area contributed by atoms with E-state index in [1.54, 1.807) is 36.5 Å². The van der Waals surface area contributed by atoms with Crippen LogP contribution in [0.2, 0.25) is 0 Å². The number of likely N-dealkylation sites (tertiary alicyclic amines) is 1. The minimum Gasteiger partial charge on any atom is -0.497 e. The Kier molecular flexibility index (Phi) is 9.84. The van der Waals surface area contributed by atoms with Crippen LogP contribution in [-0.4, -0.2) is 72.0 Å². The number of nitrogens with one attached hydrogen (secondary N) is 1. The number of methoxy groups -OCH3 is 1. The van der Waals surface area contributed by atoms with Crippen LogP contribution in [0.5, 0.6) is 5.75 Å². The Hall–Kier alpha value is -3.75. The largest absolute Gasteiger partial charge is 0.497 e. The SMILES string of the molecule is COc1ccc(CN(CCc2ccccc2)C2CCN(C(=O)c3cccnc3)[C@@H](C(=O)NCCN)C2)cc1. The molecule has 2 heterocycles. The monoisotopic (exact) mass is 515 g/mol. The molecule has 1 aliphatic rings. The third-order valence-corrected chi connectivity index (χ3v) is 7.08. The van der Waals surface area contributed by atoms with Crippen LogP contribution >= 0.6 is 0 Å². The second-order valence-electron chi connectivity index (χ2n) is 9.57. The van der Waals surface area contributed by atoms with Gasteiger partial charge in [-0.3, -0.25) is 19.5 Å². The van der Waals surface area contributed by atoms with E-state index >= 15 is 0 Å². The zero-order valence-electron chi connectivity index (χ0n) is 22.0. The fourth-order valence-electron chi connectivity index (χ4n) is 5.01. The number of amides is 2. The molecule has 1 aliphatic heterocycles. The molecule has 0 bridgehead atoms. The maximum atomic E-state index is 13.4. The Morgan fingerprint density at radius 2 is 1.87 bits per heavy atom. The van der Waals surface area contributed by atoms with Gasteiger partial charge in [-0.05, 0) is 54.7 Å². The maximum absolute atomic E-state index is 13.4. The van der Waals surface area contributed by atoms with Gasteiger partial charge in [0.1, 0.15) is 11.8 Å². The van der Waals surface area contributed by atoms with E-state index in [0.717, 1.165) is 31.7 Å². The molecule has 0 aliphatic carbocycles. The van der Waals surface area contributed by atoms with E-state index in [0.29, 0.717) is 31.6 Å². The van der Waals surface area contributed by atoms with Crippen LogP contribution in [0.1, 0.15) is 34.3 Å². The number of aromatic nitrogens is 1. The lowest BCUT2D eigenvalue weighted by Gasteiger charge is -2.43. The second-order valence-corrected chi connectivity index (χ2v) is 9.57. The summed E-state index contributed by atoms with van der Waals surface area (Å²) in [6.07, 6.45) is 5.41. The average Bonchev–Trinajstić information content (AvgIpc) is 2.98. The zero-order chi connectivity index (χ0) is 26.7. The molecule has 1 unspecified atom stereocenters. The summed E-state index contributed by atoms with van der Waals surface area (Å²) in [5.74, 6) is 0.490. The van der Waals surface area contributed by atoms with Crippen molar-refractivity contribution in [3.05, 3.63) is 95.8 Å². The lowest BCUT2D eigenvalue weighted by atomic mass is 9.93. The molecule has 8 heteroatoms. The van der Waals surface area contributed by atoms with E-state index in [2.05, 4.69) is 51.6 Å². The van der Waals surface area contributed by atoms with Gasteiger partial charge in [0.25, 0.3) is 5.91 Å². The fourth-order valence-corrected chi connectivity index (χ4v) is 5.01. The van der Waals surface area contributed by atoms with Crippen molar-refractivity contribution in [1.82, 2.24) is 20.1 Å². The molecule has 2 amide bonds. The van der Waals surface area contributed by atoms with E-state index in [-0.39, 0.29) is 17.9 Å². The van der Waals surface area contributed by atoms with Crippen LogP contribution in [0.25, 0.3) is 0 Å². The molecular formula is C30H37N5O3. The van der Waals surface area contributed by atoms with Gasteiger partial charge in [-0.2, -0.15) is 0 Å². The first-order valence-electron chi connectivity index (χ1n) is 13.2. The first-order valence-corrected chi connectivity index (χ1v) is 13.2. The molecule has 200 valence electrons. The van der Waals surface area contributed by atoms with E-state index in [9.17, 15) is 9.59 Å². The standard InChI is InChI=1S/C30H37N5O3/c1-38-27-11-9-24(10-12-27)22-34(18-13-23-6-3-2-4-7-23)26-14-19-35(28(20-26)29(36)33-17-15-31)30(37)25-8-5-16-32-21-25/h2-12,16,21,26,28H,13-15,17-20,22,31H2,1H3,(H,33,36)/t26?,28-/m1/s1. The number of carbonyl (C=O) groups excluding carboxylic acids is 2. The van der Waals surface area contributed by atoms with Crippen molar-refractivity contribution in [2.24, 2.45) is 5.73 Å². The predicted octanol–water partition coefficient (Wildman–Crippen LogP) is 2.88. The number of benzene rings is 2. The number of nitrogens with two attached hydrogens (primary N) is 1. The highest BCUT2D eigenvalue weighted by molar-refractivity contribution is 5.97. The molecule has 2 atom stereocenters. The van der Waals surface area contributed by atoms with Crippen LogP contribution in [0.15, 0.2) is 79.1 Å².